The molecule has 6 heteroatoms. The van der Waals surface area contributed by atoms with Crippen LogP contribution in [0.1, 0.15) is 34.2 Å². The minimum absolute atomic E-state index is 0. The van der Waals surface area contributed by atoms with Crippen LogP contribution in [0.4, 0.5) is 4.79 Å². The molecule has 0 aromatic heterocycles. The lowest BCUT2D eigenvalue weighted by Crippen LogP contribution is -2.30. The van der Waals surface area contributed by atoms with E-state index < -0.39 is 12.1 Å². The average Bonchev–Trinajstić information content (AvgIpc) is 2.65. The van der Waals surface area contributed by atoms with Crippen LogP contribution in [0.2, 0.25) is 0 Å². The van der Waals surface area contributed by atoms with Gasteiger partial charge in [-0.2, -0.15) is 0 Å². The van der Waals surface area contributed by atoms with Gasteiger partial charge in [0.2, 0.25) is 0 Å². The molecule has 27 heavy (non-hydrogen) atoms. The van der Waals surface area contributed by atoms with Crippen LogP contribution in [0.5, 0.6) is 5.75 Å². The van der Waals surface area contributed by atoms with Crippen LogP contribution in [0.25, 0.3) is 0 Å². The molecule has 0 aliphatic rings. The molecule has 1 unspecified atom stereocenters. The van der Waals surface area contributed by atoms with E-state index in [-0.39, 0.29) is 14.6 Å². The van der Waals surface area contributed by atoms with Crippen molar-refractivity contribution in [3.05, 3.63) is 42.0 Å². The molecule has 1 atom stereocenters. The zero-order valence-corrected chi connectivity index (χ0v) is 16.2. The van der Waals surface area contributed by atoms with Crippen molar-refractivity contribution in [3.63, 3.8) is 0 Å². The SMILES string of the molecule is C=C(C)C(=O)OCCNC(=O)Oc1ccc(C#CCOCC(C)CC)cc1.[HH]. The van der Waals surface area contributed by atoms with E-state index in [0.29, 0.717) is 30.5 Å². The number of hydrogen-bond donors (Lipinski definition) is 1. The molecule has 6 nitrogen and oxygen atoms in total. The van der Waals surface area contributed by atoms with Crippen LogP contribution < -0.4 is 10.1 Å². The molecule has 1 aromatic carbocycles. The standard InChI is InChI=1S/C21H27NO5.H2/c1-5-17(4)15-25-13-6-7-18-8-10-19(11-9-18)27-21(24)22-12-14-26-20(23)16(2)3;/h8-11,17H,2,5,12-15H2,1,3-4H3,(H,22,24);1H. The summed E-state index contributed by atoms with van der Waals surface area (Å²) in [4.78, 5) is 22.8. The minimum Gasteiger partial charge on any atom is -0.460 e. The summed E-state index contributed by atoms with van der Waals surface area (Å²) in [6, 6.07) is 6.84. The molecule has 1 rings (SSSR count). The fourth-order valence-corrected chi connectivity index (χ4v) is 1.74. The number of nitrogens with one attached hydrogen (secondary N) is 1. The number of benzene rings is 1. The summed E-state index contributed by atoms with van der Waals surface area (Å²) in [5, 5.41) is 2.49. The van der Waals surface area contributed by atoms with Crippen molar-refractivity contribution in [3.8, 4) is 17.6 Å². The van der Waals surface area contributed by atoms with E-state index in [9.17, 15) is 9.59 Å². The highest BCUT2D eigenvalue weighted by atomic mass is 16.6. The van der Waals surface area contributed by atoms with Crippen LogP contribution in [0, 0.1) is 17.8 Å². The lowest BCUT2D eigenvalue weighted by atomic mass is 10.1. The van der Waals surface area contributed by atoms with Gasteiger partial charge in [-0.05, 0) is 37.1 Å². The summed E-state index contributed by atoms with van der Waals surface area (Å²) in [6.45, 7) is 10.6. The fraction of sp³-hybridized carbons (Fsp3) is 0.429. The van der Waals surface area contributed by atoms with E-state index in [1.54, 1.807) is 31.2 Å². The van der Waals surface area contributed by atoms with E-state index in [2.05, 4.69) is 37.6 Å². The van der Waals surface area contributed by atoms with Gasteiger partial charge in [-0.1, -0.05) is 38.7 Å². The van der Waals surface area contributed by atoms with Crippen molar-refractivity contribution in [2.75, 3.05) is 26.4 Å². The van der Waals surface area contributed by atoms with Crippen molar-refractivity contribution in [1.29, 1.82) is 0 Å². The number of esters is 1. The summed E-state index contributed by atoms with van der Waals surface area (Å²) >= 11 is 0. The molecule has 0 fully saturated rings. The second-order valence-electron chi connectivity index (χ2n) is 6.09. The molecule has 1 aromatic rings. The van der Waals surface area contributed by atoms with Crippen molar-refractivity contribution < 1.29 is 25.2 Å². The number of carbonyl (C=O) groups is 2. The first-order valence-electron chi connectivity index (χ1n) is 8.87. The Morgan fingerprint density at radius 3 is 2.63 bits per heavy atom. The van der Waals surface area contributed by atoms with Gasteiger partial charge in [-0.3, -0.25) is 0 Å². The average molecular weight is 375 g/mol. The lowest BCUT2D eigenvalue weighted by Gasteiger charge is -2.07. The van der Waals surface area contributed by atoms with E-state index in [1.807, 2.05) is 0 Å². The van der Waals surface area contributed by atoms with Crippen molar-refractivity contribution >= 4 is 12.1 Å². The van der Waals surface area contributed by atoms with Gasteiger partial charge in [0.25, 0.3) is 0 Å². The van der Waals surface area contributed by atoms with Crippen LogP contribution in [0.3, 0.4) is 0 Å². The summed E-state index contributed by atoms with van der Waals surface area (Å²) in [7, 11) is 0. The van der Waals surface area contributed by atoms with Gasteiger partial charge in [-0.15, -0.1) is 0 Å². The Morgan fingerprint density at radius 1 is 1.30 bits per heavy atom. The maximum Gasteiger partial charge on any atom is 0.412 e. The molecule has 0 saturated carbocycles. The minimum atomic E-state index is -0.626. The third-order valence-corrected chi connectivity index (χ3v) is 3.52. The Bertz CT molecular complexity index is 691. The van der Waals surface area contributed by atoms with Gasteiger partial charge in [0, 0.05) is 12.6 Å². The monoisotopic (exact) mass is 375 g/mol. The molecule has 0 heterocycles. The maximum atomic E-state index is 11.7. The topological polar surface area (TPSA) is 73.9 Å². The second kappa shape index (κ2) is 12.6. The Hall–Kier alpha value is -2.78. The van der Waals surface area contributed by atoms with Gasteiger partial charge in [-0.25, -0.2) is 9.59 Å². The zero-order valence-electron chi connectivity index (χ0n) is 16.2. The molecule has 0 radical (unpaired) electrons. The van der Waals surface area contributed by atoms with Crippen molar-refractivity contribution in [2.24, 2.45) is 5.92 Å². The first kappa shape index (κ1) is 22.3. The molecule has 1 N–H and O–H groups in total. The Kier molecular flexibility index (Phi) is 10.4. The highest BCUT2D eigenvalue weighted by molar-refractivity contribution is 5.86. The largest absolute Gasteiger partial charge is 0.460 e. The summed E-state index contributed by atoms with van der Waals surface area (Å²) in [5.74, 6) is 6.38. The molecule has 0 aliphatic carbocycles. The van der Waals surface area contributed by atoms with Crippen LogP contribution in [0.15, 0.2) is 36.4 Å². The third-order valence-electron chi connectivity index (χ3n) is 3.52. The molecule has 1 amide bonds. The highest BCUT2D eigenvalue weighted by Gasteiger charge is 2.06. The van der Waals surface area contributed by atoms with Crippen molar-refractivity contribution in [2.45, 2.75) is 27.2 Å². The third kappa shape index (κ3) is 10.1. The number of rotatable bonds is 9. The summed E-state index contributed by atoms with van der Waals surface area (Å²) in [6.07, 6.45) is 0.459. The summed E-state index contributed by atoms with van der Waals surface area (Å²) in [5.41, 5.74) is 1.12. The van der Waals surface area contributed by atoms with E-state index >= 15 is 0 Å². The maximum absolute atomic E-state index is 11.7. The van der Waals surface area contributed by atoms with Gasteiger partial charge < -0.3 is 19.5 Å². The quantitative estimate of drug-likeness (QED) is 0.309. The van der Waals surface area contributed by atoms with Crippen LogP contribution >= 0.6 is 0 Å². The molecular formula is C21H29NO5. The van der Waals surface area contributed by atoms with Gasteiger partial charge in [0.1, 0.15) is 19.0 Å². The van der Waals surface area contributed by atoms with E-state index in [4.69, 9.17) is 14.2 Å². The molecule has 0 aliphatic heterocycles. The predicted molar refractivity (Wildman–Crippen MR) is 106 cm³/mol. The van der Waals surface area contributed by atoms with E-state index in [1.165, 1.54) is 0 Å². The second-order valence-corrected chi connectivity index (χ2v) is 6.09. The first-order chi connectivity index (χ1) is 12.9. The molecule has 0 saturated heterocycles. The number of carbonyl (C=O) groups excluding carboxylic acids is 2. The van der Waals surface area contributed by atoms with Gasteiger partial charge >= 0.3 is 12.1 Å². The Labute approximate surface area is 162 Å². The number of hydrogen-bond acceptors (Lipinski definition) is 5. The molecule has 0 bridgehead atoms. The zero-order chi connectivity index (χ0) is 20.1. The molecule has 0 spiro atoms. The normalized spacial score (nSPS) is 10.9. The number of ether oxygens (including phenoxy) is 3. The Morgan fingerprint density at radius 2 is 2.00 bits per heavy atom. The lowest BCUT2D eigenvalue weighted by molar-refractivity contribution is -0.138. The van der Waals surface area contributed by atoms with Gasteiger partial charge in [0.05, 0.1) is 13.2 Å². The molecule has 148 valence electrons. The molecular weight excluding hydrogens is 346 g/mol. The van der Waals surface area contributed by atoms with E-state index in [0.717, 1.165) is 12.0 Å². The smallest absolute Gasteiger partial charge is 0.412 e. The number of amides is 1. The predicted octanol–water partition coefficient (Wildman–Crippen LogP) is 3.55. The van der Waals surface area contributed by atoms with Crippen LogP contribution in [-0.4, -0.2) is 38.4 Å². The highest BCUT2D eigenvalue weighted by Crippen LogP contribution is 2.11. The fourth-order valence-electron chi connectivity index (χ4n) is 1.74. The van der Waals surface area contributed by atoms with Crippen LogP contribution in [-0.2, 0) is 14.3 Å². The van der Waals surface area contributed by atoms with Gasteiger partial charge in [0.15, 0.2) is 0 Å². The Balaban J connectivity index is 0.00000729. The first-order valence-corrected chi connectivity index (χ1v) is 8.87. The summed E-state index contributed by atoms with van der Waals surface area (Å²) < 4.78 is 15.5. The van der Waals surface area contributed by atoms with Crippen molar-refractivity contribution in [1.82, 2.24) is 5.32 Å².